The van der Waals surface area contributed by atoms with Gasteiger partial charge in [-0.05, 0) is 111 Å². The quantitative estimate of drug-likeness (QED) is 0.117. The Kier molecular flexibility index (Phi) is 11.5. The second-order valence-electron chi connectivity index (χ2n) is 16.7. The van der Waals surface area contributed by atoms with Crippen LogP contribution in [0.3, 0.4) is 0 Å². The fourth-order valence-electron chi connectivity index (χ4n) is 9.12. The summed E-state index contributed by atoms with van der Waals surface area (Å²) < 4.78 is 48.9. The molecule has 14 nitrogen and oxygen atoms in total. The molecule has 326 valence electrons. The van der Waals surface area contributed by atoms with Crippen LogP contribution in [0.1, 0.15) is 86.3 Å². The molecular weight excluding hydrogens is 818 g/mol. The van der Waals surface area contributed by atoms with Crippen LogP contribution < -0.4 is 20.9 Å². The number of ether oxygens (including phenoxy) is 1. The van der Waals surface area contributed by atoms with E-state index in [4.69, 9.17) is 4.74 Å². The molecule has 5 amide bonds. The van der Waals surface area contributed by atoms with E-state index in [-0.39, 0.29) is 60.5 Å². The number of aromatic amines is 1. The van der Waals surface area contributed by atoms with Crippen LogP contribution >= 0.6 is 0 Å². The number of imide groups is 2. The predicted octanol–water partition coefficient (Wildman–Crippen LogP) is 5.92. The lowest BCUT2D eigenvalue weighted by molar-refractivity contribution is -0.136. The Bertz CT molecular complexity index is 2640. The Balaban J connectivity index is 0.873. The number of rotatable bonds is 11. The van der Waals surface area contributed by atoms with Crippen LogP contribution in [0.25, 0.3) is 10.9 Å². The molecule has 5 heterocycles. The summed E-state index contributed by atoms with van der Waals surface area (Å²) in [5.41, 5.74) is 4.17. The van der Waals surface area contributed by atoms with Crippen molar-refractivity contribution >= 4 is 57.6 Å². The maximum Gasteiger partial charge on any atom is 0.262 e. The van der Waals surface area contributed by atoms with E-state index in [1.54, 1.807) is 6.07 Å². The molecule has 4 aliphatic rings. The van der Waals surface area contributed by atoms with Gasteiger partial charge in [-0.3, -0.25) is 44.2 Å². The molecule has 63 heavy (non-hydrogen) atoms. The van der Waals surface area contributed by atoms with E-state index in [1.807, 2.05) is 42.3 Å². The standard InChI is InChI=1S/C46H45F3N8O6/c1-55(24-27-20-34-35(23-37(27)49)46(62)57(45(34)61)40-6-7-41(58)51-44(40)60)31-8-12-56(13-9-31)32-3-4-33(39(22-32)50-30-10-14-63-15-11-30)43(59)52-42-36-19-25(2-5-38(36)53-54-42)16-26-17-28(47)21-29(48)18-26/h2-5,17-23,30-31,40,50H,6-16,24H2,1H3,(H,51,58,60)(H2,52,53,54,59). The molecule has 0 saturated carbocycles. The summed E-state index contributed by atoms with van der Waals surface area (Å²) in [7, 11) is 1.90. The van der Waals surface area contributed by atoms with Crippen LogP contribution in [0.5, 0.6) is 0 Å². The minimum absolute atomic E-state index is 0.00932. The van der Waals surface area contributed by atoms with Crippen LogP contribution in [0.2, 0.25) is 0 Å². The van der Waals surface area contributed by atoms with Gasteiger partial charge in [0.25, 0.3) is 17.7 Å². The Morgan fingerprint density at radius 3 is 2.32 bits per heavy atom. The first-order chi connectivity index (χ1) is 30.4. The first kappa shape index (κ1) is 41.7. The average Bonchev–Trinajstić information content (AvgIpc) is 3.76. The van der Waals surface area contributed by atoms with Gasteiger partial charge in [-0.25, -0.2) is 13.2 Å². The summed E-state index contributed by atoms with van der Waals surface area (Å²) >= 11 is 0. The second-order valence-corrected chi connectivity index (χ2v) is 16.7. The molecule has 0 bridgehead atoms. The lowest BCUT2D eigenvalue weighted by atomic mass is 10.00. The van der Waals surface area contributed by atoms with E-state index in [0.29, 0.717) is 59.8 Å². The maximum absolute atomic E-state index is 15.5. The zero-order valence-electron chi connectivity index (χ0n) is 34.4. The fraction of sp³-hybridized carbons (Fsp3) is 0.348. The number of halogens is 3. The molecule has 17 heteroatoms. The number of carbonyl (C=O) groups excluding carboxylic acids is 5. The van der Waals surface area contributed by atoms with Crippen molar-refractivity contribution in [3.63, 3.8) is 0 Å². The summed E-state index contributed by atoms with van der Waals surface area (Å²) in [5.74, 6) is -4.60. The number of H-pyrrole nitrogens is 1. The normalized spacial score (nSPS) is 18.7. The molecule has 3 saturated heterocycles. The number of hydrogen-bond acceptors (Lipinski definition) is 10. The van der Waals surface area contributed by atoms with E-state index < -0.39 is 47.1 Å². The van der Waals surface area contributed by atoms with E-state index in [2.05, 4.69) is 31.0 Å². The highest BCUT2D eigenvalue weighted by Crippen LogP contribution is 2.33. The largest absolute Gasteiger partial charge is 0.381 e. The van der Waals surface area contributed by atoms with Crippen molar-refractivity contribution < 1.29 is 41.9 Å². The molecule has 9 rings (SSSR count). The molecule has 1 atom stereocenters. The molecule has 3 fully saturated rings. The predicted molar refractivity (Wildman–Crippen MR) is 227 cm³/mol. The summed E-state index contributed by atoms with van der Waals surface area (Å²) in [5, 5.41) is 16.7. The minimum atomic E-state index is -1.13. The second kappa shape index (κ2) is 17.3. The number of hydrogen-bond donors (Lipinski definition) is 4. The first-order valence-electron chi connectivity index (χ1n) is 21.1. The fourth-order valence-corrected chi connectivity index (χ4v) is 9.12. The van der Waals surface area contributed by atoms with E-state index in [0.717, 1.165) is 54.0 Å². The number of benzene rings is 4. The Morgan fingerprint density at radius 1 is 0.857 bits per heavy atom. The highest BCUT2D eigenvalue weighted by atomic mass is 19.1. The van der Waals surface area contributed by atoms with Gasteiger partial charge < -0.3 is 20.3 Å². The number of aromatic nitrogens is 2. The number of nitrogens with zero attached hydrogens (tertiary/aromatic N) is 4. The van der Waals surface area contributed by atoms with Crippen molar-refractivity contribution in [2.45, 2.75) is 69.6 Å². The van der Waals surface area contributed by atoms with Gasteiger partial charge in [-0.15, -0.1) is 0 Å². The van der Waals surface area contributed by atoms with Crippen molar-refractivity contribution in [2.75, 3.05) is 48.9 Å². The molecule has 4 N–H and O–H groups in total. The van der Waals surface area contributed by atoms with Crippen LogP contribution in [0.15, 0.2) is 66.7 Å². The van der Waals surface area contributed by atoms with Crippen LogP contribution in [0, 0.1) is 17.5 Å². The number of nitrogens with one attached hydrogen (secondary N) is 4. The van der Waals surface area contributed by atoms with Gasteiger partial charge >= 0.3 is 0 Å². The van der Waals surface area contributed by atoms with Crippen molar-refractivity contribution in [1.29, 1.82) is 0 Å². The number of piperidine rings is 2. The van der Waals surface area contributed by atoms with Gasteiger partial charge in [0, 0.05) is 79.7 Å². The van der Waals surface area contributed by atoms with Crippen molar-refractivity contribution in [3.8, 4) is 0 Å². The van der Waals surface area contributed by atoms with E-state index in [9.17, 15) is 32.8 Å². The number of carbonyl (C=O) groups is 5. The van der Waals surface area contributed by atoms with E-state index in [1.165, 1.54) is 18.2 Å². The number of anilines is 3. The molecule has 4 aliphatic heterocycles. The van der Waals surface area contributed by atoms with Gasteiger partial charge in [0.1, 0.15) is 23.5 Å². The first-order valence-corrected chi connectivity index (χ1v) is 21.1. The lowest BCUT2D eigenvalue weighted by Gasteiger charge is -2.38. The molecule has 4 aromatic carbocycles. The summed E-state index contributed by atoms with van der Waals surface area (Å²) in [4.78, 5) is 69.9. The van der Waals surface area contributed by atoms with Crippen LogP contribution in [0.4, 0.5) is 30.4 Å². The summed E-state index contributed by atoms with van der Waals surface area (Å²) in [6.07, 6.45) is 3.33. The van der Waals surface area contributed by atoms with Crippen molar-refractivity contribution in [3.05, 3.63) is 118 Å². The molecule has 5 aromatic rings. The zero-order chi connectivity index (χ0) is 43.9. The number of fused-ring (bicyclic) bond motifs is 2. The molecule has 1 unspecified atom stereocenters. The molecule has 0 radical (unpaired) electrons. The lowest BCUT2D eigenvalue weighted by Crippen LogP contribution is -2.54. The van der Waals surface area contributed by atoms with Crippen molar-refractivity contribution in [1.82, 2.24) is 25.3 Å². The van der Waals surface area contributed by atoms with Gasteiger partial charge in [0.15, 0.2) is 5.82 Å². The van der Waals surface area contributed by atoms with Crippen LogP contribution in [-0.4, -0.2) is 101 Å². The zero-order valence-corrected chi connectivity index (χ0v) is 34.4. The third-order valence-electron chi connectivity index (χ3n) is 12.5. The minimum Gasteiger partial charge on any atom is -0.381 e. The van der Waals surface area contributed by atoms with Gasteiger partial charge in [-0.1, -0.05) is 6.07 Å². The highest BCUT2D eigenvalue weighted by molar-refractivity contribution is 6.23. The van der Waals surface area contributed by atoms with Gasteiger partial charge in [0.2, 0.25) is 11.8 Å². The smallest absolute Gasteiger partial charge is 0.262 e. The summed E-state index contributed by atoms with van der Waals surface area (Å²) in [6, 6.07) is 16.1. The van der Waals surface area contributed by atoms with Crippen molar-refractivity contribution in [2.24, 2.45) is 0 Å². The third-order valence-corrected chi connectivity index (χ3v) is 12.5. The molecule has 1 aromatic heterocycles. The molecule has 0 spiro atoms. The van der Waals surface area contributed by atoms with E-state index >= 15 is 4.39 Å². The third kappa shape index (κ3) is 8.62. The van der Waals surface area contributed by atoms with Gasteiger partial charge in [0.05, 0.1) is 22.2 Å². The Hall–Kier alpha value is -6.59. The Labute approximate surface area is 360 Å². The summed E-state index contributed by atoms with van der Waals surface area (Å²) in [6.45, 7) is 2.76. The Morgan fingerprint density at radius 2 is 1.59 bits per heavy atom. The topological polar surface area (TPSA) is 169 Å². The maximum atomic E-state index is 15.5. The SMILES string of the molecule is CN(Cc1cc2c(cc1F)C(=O)N(C1CCC(=O)NC1=O)C2=O)C1CCN(c2ccc(C(=O)Nc3n[nH]c4ccc(Cc5cc(F)cc(F)c5)cc34)c(NC3CCOCC3)c2)CC1. The number of amides is 5. The average molecular weight is 863 g/mol. The highest BCUT2D eigenvalue weighted by Gasteiger charge is 2.45. The molecular formula is C46H45F3N8O6. The van der Waals surface area contributed by atoms with Gasteiger partial charge in [-0.2, -0.15) is 5.10 Å². The monoisotopic (exact) mass is 862 g/mol. The molecule has 0 aliphatic carbocycles. The van der Waals surface area contributed by atoms with Crippen LogP contribution in [-0.2, 0) is 27.3 Å².